The van der Waals surface area contributed by atoms with E-state index in [1.54, 1.807) is 11.8 Å². The van der Waals surface area contributed by atoms with Crippen LogP contribution in [0.1, 0.15) is 45.2 Å². The summed E-state index contributed by atoms with van der Waals surface area (Å²) >= 11 is 1.64. The molecule has 1 amide bonds. The van der Waals surface area contributed by atoms with Crippen LogP contribution in [-0.2, 0) is 4.74 Å². The molecule has 1 atom stereocenters. The smallest absolute Gasteiger partial charge is 0.410 e. The SMILES string of the molecule is CC(C)(C)OC(=O)N1CCCC1c1ccc(Sc2ccccc2)nc1. The second-order valence-corrected chi connectivity index (χ2v) is 8.27. The summed E-state index contributed by atoms with van der Waals surface area (Å²) in [6, 6.07) is 14.3. The number of hydrogen-bond donors (Lipinski definition) is 0. The maximum absolute atomic E-state index is 12.4. The van der Waals surface area contributed by atoms with Crippen molar-refractivity contribution in [1.82, 2.24) is 9.88 Å². The van der Waals surface area contributed by atoms with Crippen LogP contribution in [0.3, 0.4) is 0 Å². The van der Waals surface area contributed by atoms with Crippen molar-refractivity contribution in [2.24, 2.45) is 0 Å². The van der Waals surface area contributed by atoms with Crippen LogP contribution in [0.25, 0.3) is 0 Å². The zero-order valence-corrected chi connectivity index (χ0v) is 15.8. The fourth-order valence-corrected chi connectivity index (χ4v) is 3.69. The normalized spacial score (nSPS) is 17.6. The van der Waals surface area contributed by atoms with Crippen LogP contribution in [0, 0.1) is 0 Å². The maximum Gasteiger partial charge on any atom is 0.410 e. The molecule has 0 aliphatic carbocycles. The van der Waals surface area contributed by atoms with Crippen molar-refractivity contribution in [3.05, 3.63) is 54.2 Å². The molecule has 0 bridgehead atoms. The molecule has 1 aliphatic rings. The van der Waals surface area contributed by atoms with Gasteiger partial charge in [0.15, 0.2) is 0 Å². The van der Waals surface area contributed by atoms with Crippen LogP contribution in [-0.4, -0.2) is 28.1 Å². The zero-order valence-electron chi connectivity index (χ0n) is 14.9. The first kappa shape index (κ1) is 17.8. The van der Waals surface area contributed by atoms with Gasteiger partial charge in [0.25, 0.3) is 0 Å². The van der Waals surface area contributed by atoms with Crippen LogP contribution >= 0.6 is 11.8 Å². The third-order valence-electron chi connectivity index (χ3n) is 3.99. The minimum atomic E-state index is -0.474. The molecule has 2 heterocycles. The third kappa shape index (κ3) is 4.75. The first-order valence-electron chi connectivity index (χ1n) is 8.61. The van der Waals surface area contributed by atoms with Gasteiger partial charge in [0, 0.05) is 17.6 Å². The van der Waals surface area contributed by atoms with E-state index in [0.717, 1.165) is 30.0 Å². The molecule has 0 spiro atoms. The summed E-state index contributed by atoms with van der Waals surface area (Å²) in [6.45, 7) is 6.42. The number of carbonyl (C=O) groups is 1. The average Bonchev–Trinajstić information content (AvgIpc) is 3.05. The summed E-state index contributed by atoms with van der Waals surface area (Å²) in [5.41, 5.74) is 0.597. The topological polar surface area (TPSA) is 42.4 Å². The summed E-state index contributed by atoms with van der Waals surface area (Å²) in [5, 5.41) is 0.955. The number of carbonyl (C=O) groups excluding carboxylic acids is 1. The van der Waals surface area contributed by atoms with Crippen molar-refractivity contribution in [2.75, 3.05) is 6.54 Å². The second-order valence-electron chi connectivity index (χ2n) is 7.18. The van der Waals surface area contributed by atoms with E-state index in [2.05, 4.69) is 23.2 Å². The van der Waals surface area contributed by atoms with Gasteiger partial charge in [-0.25, -0.2) is 9.78 Å². The van der Waals surface area contributed by atoms with Crippen molar-refractivity contribution >= 4 is 17.9 Å². The predicted octanol–water partition coefficient (Wildman–Crippen LogP) is 5.30. The molecule has 25 heavy (non-hydrogen) atoms. The number of rotatable bonds is 3. The lowest BCUT2D eigenvalue weighted by Gasteiger charge is -2.28. The monoisotopic (exact) mass is 356 g/mol. The molecule has 3 rings (SSSR count). The number of pyridine rings is 1. The highest BCUT2D eigenvalue weighted by Crippen LogP contribution is 2.34. The van der Waals surface area contributed by atoms with E-state index in [4.69, 9.17) is 4.74 Å². The minimum Gasteiger partial charge on any atom is -0.444 e. The molecule has 2 aromatic rings. The lowest BCUT2D eigenvalue weighted by Crippen LogP contribution is -2.36. The second kappa shape index (κ2) is 7.48. The number of likely N-dealkylation sites (tertiary alicyclic amines) is 1. The molecule has 1 saturated heterocycles. The van der Waals surface area contributed by atoms with Crippen molar-refractivity contribution < 1.29 is 9.53 Å². The van der Waals surface area contributed by atoms with Crippen LogP contribution in [0.4, 0.5) is 4.79 Å². The number of amides is 1. The Morgan fingerprint density at radius 3 is 2.60 bits per heavy atom. The quantitative estimate of drug-likeness (QED) is 0.748. The van der Waals surface area contributed by atoms with Gasteiger partial charge in [-0.1, -0.05) is 36.0 Å². The van der Waals surface area contributed by atoms with Gasteiger partial charge in [-0.15, -0.1) is 0 Å². The lowest BCUT2D eigenvalue weighted by molar-refractivity contribution is 0.0224. The molecular formula is C20H24N2O2S. The van der Waals surface area contributed by atoms with Crippen LogP contribution in [0.2, 0.25) is 0 Å². The Bertz CT molecular complexity index is 711. The van der Waals surface area contributed by atoms with E-state index in [1.807, 2.05) is 56.1 Å². The van der Waals surface area contributed by atoms with E-state index >= 15 is 0 Å². The van der Waals surface area contributed by atoms with Gasteiger partial charge in [-0.2, -0.15) is 0 Å². The molecule has 0 radical (unpaired) electrons. The van der Waals surface area contributed by atoms with Gasteiger partial charge in [0.05, 0.1) is 6.04 Å². The molecule has 1 fully saturated rings. The Morgan fingerprint density at radius 2 is 1.96 bits per heavy atom. The number of ether oxygens (including phenoxy) is 1. The van der Waals surface area contributed by atoms with Gasteiger partial charge < -0.3 is 9.64 Å². The Labute approximate surface area is 153 Å². The average molecular weight is 356 g/mol. The summed E-state index contributed by atoms with van der Waals surface area (Å²) in [6.07, 6.45) is 3.59. The number of hydrogen-bond acceptors (Lipinski definition) is 4. The van der Waals surface area contributed by atoms with Gasteiger partial charge in [0.2, 0.25) is 0 Å². The standard InChI is InChI=1S/C20H24N2O2S/c1-20(2,3)24-19(23)22-13-7-10-17(22)15-11-12-18(21-14-15)25-16-8-5-4-6-9-16/h4-6,8-9,11-12,14,17H,7,10,13H2,1-3H3. The van der Waals surface area contributed by atoms with E-state index in [1.165, 1.54) is 4.90 Å². The molecule has 1 aromatic heterocycles. The summed E-state index contributed by atoms with van der Waals surface area (Å²) in [4.78, 5) is 20.0. The lowest BCUT2D eigenvalue weighted by atomic mass is 10.1. The van der Waals surface area contributed by atoms with E-state index < -0.39 is 5.60 Å². The van der Waals surface area contributed by atoms with Gasteiger partial charge in [-0.05, 0) is 57.4 Å². The summed E-state index contributed by atoms with van der Waals surface area (Å²) in [7, 11) is 0. The van der Waals surface area contributed by atoms with Gasteiger partial charge >= 0.3 is 6.09 Å². The Balaban J connectivity index is 1.69. The van der Waals surface area contributed by atoms with Crippen molar-refractivity contribution in [2.45, 2.75) is 55.2 Å². The summed E-state index contributed by atoms with van der Waals surface area (Å²) in [5.74, 6) is 0. The highest BCUT2D eigenvalue weighted by Gasteiger charge is 2.33. The molecule has 0 saturated carbocycles. The fraction of sp³-hybridized carbons (Fsp3) is 0.400. The Hall–Kier alpha value is -2.01. The maximum atomic E-state index is 12.4. The highest BCUT2D eigenvalue weighted by molar-refractivity contribution is 7.99. The number of aromatic nitrogens is 1. The predicted molar refractivity (Wildman–Crippen MR) is 99.7 cm³/mol. The highest BCUT2D eigenvalue weighted by atomic mass is 32.2. The number of nitrogens with zero attached hydrogens (tertiary/aromatic N) is 2. The van der Waals surface area contributed by atoms with Gasteiger partial charge in [-0.3, -0.25) is 0 Å². The van der Waals surface area contributed by atoms with Crippen LogP contribution in [0.5, 0.6) is 0 Å². The van der Waals surface area contributed by atoms with Crippen LogP contribution in [0.15, 0.2) is 58.6 Å². The fourth-order valence-electron chi connectivity index (χ4n) is 2.91. The molecular weight excluding hydrogens is 332 g/mol. The minimum absolute atomic E-state index is 0.0538. The molecule has 1 aromatic carbocycles. The van der Waals surface area contributed by atoms with E-state index in [-0.39, 0.29) is 12.1 Å². The van der Waals surface area contributed by atoms with Crippen molar-refractivity contribution in [3.8, 4) is 0 Å². The zero-order chi connectivity index (χ0) is 17.9. The Kier molecular flexibility index (Phi) is 5.33. The first-order chi connectivity index (χ1) is 11.9. The van der Waals surface area contributed by atoms with E-state index in [0.29, 0.717) is 0 Å². The largest absolute Gasteiger partial charge is 0.444 e. The molecule has 1 unspecified atom stereocenters. The molecule has 132 valence electrons. The molecule has 4 nitrogen and oxygen atoms in total. The van der Waals surface area contributed by atoms with E-state index in [9.17, 15) is 4.79 Å². The van der Waals surface area contributed by atoms with Crippen molar-refractivity contribution in [1.29, 1.82) is 0 Å². The Morgan fingerprint density at radius 1 is 1.20 bits per heavy atom. The first-order valence-corrected chi connectivity index (χ1v) is 9.42. The van der Waals surface area contributed by atoms with Gasteiger partial charge in [0.1, 0.15) is 10.6 Å². The van der Waals surface area contributed by atoms with Crippen molar-refractivity contribution in [3.63, 3.8) is 0 Å². The third-order valence-corrected chi connectivity index (χ3v) is 4.95. The molecule has 0 N–H and O–H groups in total. The number of benzene rings is 1. The molecule has 1 aliphatic heterocycles. The van der Waals surface area contributed by atoms with Crippen LogP contribution < -0.4 is 0 Å². The molecule has 5 heteroatoms. The summed E-state index contributed by atoms with van der Waals surface area (Å²) < 4.78 is 5.54.